The highest BCUT2D eigenvalue weighted by Crippen LogP contribution is 2.36. The first-order valence-electron chi connectivity index (χ1n) is 9.66. The van der Waals surface area contributed by atoms with E-state index >= 15 is 0 Å². The van der Waals surface area contributed by atoms with Crippen molar-refractivity contribution in [1.82, 2.24) is 0 Å². The van der Waals surface area contributed by atoms with Crippen LogP contribution in [0.15, 0.2) is 71.4 Å². The standard InChI is InChI=1S/C25H20O2S/c26-25(21-13-15-28-16-21)27-14-2-1-4-17-7-8-20-10-9-18-5-3-6-19-11-12-22(17)24(20)23(18)19/h3,5-13,15-16H,1-2,4,14H2. The summed E-state index contributed by atoms with van der Waals surface area (Å²) in [5.41, 5.74) is 2.02. The molecule has 0 bridgehead atoms. The molecule has 1 aromatic heterocycles. The predicted octanol–water partition coefficient (Wildman–Crippen LogP) is 6.83. The van der Waals surface area contributed by atoms with Gasteiger partial charge in [0.15, 0.2) is 0 Å². The molecule has 28 heavy (non-hydrogen) atoms. The minimum absolute atomic E-state index is 0.219. The monoisotopic (exact) mass is 384 g/mol. The molecule has 138 valence electrons. The summed E-state index contributed by atoms with van der Waals surface area (Å²) in [6.45, 7) is 0.473. The molecule has 4 aromatic carbocycles. The Hall–Kier alpha value is -2.91. The molecular weight excluding hydrogens is 364 g/mol. The van der Waals surface area contributed by atoms with E-state index in [1.807, 2.05) is 10.8 Å². The third-order valence-corrected chi connectivity index (χ3v) is 6.13. The van der Waals surface area contributed by atoms with Crippen molar-refractivity contribution >= 4 is 49.6 Å². The zero-order valence-corrected chi connectivity index (χ0v) is 16.3. The van der Waals surface area contributed by atoms with Gasteiger partial charge in [0.2, 0.25) is 0 Å². The minimum Gasteiger partial charge on any atom is -0.462 e. The number of hydrogen-bond acceptors (Lipinski definition) is 3. The third-order valence-electron chi connectivity index (χ3n) is 5.45. The van der Waals surface area contributed by atoms with Crippen molar-refractivity contribution in [3.63, 3.8) is 0 Å². The van der Waals surface area contributed by atoms with Crippen molar-refractivity contribution < 1.29 is 9.53 Å². The molecule has 1 heterocycles. The highest BCUT2D eigenvalue weighted by molar-refractivity contribution is 7.08. The van der Waals surface area contributed by atoms with E-state index in [0.29, 0.717) is 12.2 Å². The lowest BCUT2D eigenvalue weighted by molar-refractivity contribution is 0.0499. The fraction of sp³-hybridized carbons (Fsp3) is 0.160. The average molecular weight is 385 g/mol. The van der Waals surface area contributed by atoms with Crippen LogP contribution in [-0.4, -0.2) is 12.6 Å². The van der Waals surface area contributed by atoms with Crippen LogP contribution in [0.5, 0.6) is 0 Å². The summed E-state index contributed by atoms with van der Waals surface area (Å²) in [7, 11) is 0. The number of hydrogen-bond donors (Lipinski definition) is 0. The number of unbranched alkanes of at least 4 members (excludes halogenated alkanes) is 1. The molecule has 0 amide bonds. The molecule has 5 aromatic rings. The average Bonchev–Trinajstić information content (AvgIpc) is 3.27. The fourth-order valence-corrected chi connectivity index (χ4v) is 4.69. The van der Waals surface area contributed by atoms with Crippen LogP contribution in [0.25, 0.3) is 32.3 Å². The van der Waals surface area contributed by atoms with Crippen LogP contribution >= 0.6 is 11.3 Å². The lowest BCUT2D eigenvalue weighted by Crippen LogP contribution is -2.05. The van der Waals surface area contributed by atoms with Gasteiger partial charge in [-0.2, -0.15) is 11.3 Å². The number of ether oxygens (including phenoxy) is 1. The Kier molecular flexibility index (Phi) is 4.46. The van der Waals surface area contributed by atoms with Gasteiger partial charge in [0.05, 0.1) is 12.2 Å². The van der Waals surface area contributed by atoms with Crippen LogP contribution in [-0.2, 0) is 11.2 Å². The second-order valence-corrected chi connectivity index (χ2v) is 7.97. The Morgan fingerprint density at radius 1 is 0.821 bits per heavy atom. The van der Waals surface area contributed by atoms with E-state index in [0.717, 1.165) is 19.3 Å². The van der Waals surface area contributed by atoms with Crippen molar-refractivity contribution in [2.45, 2.75) is 19.3 Å². The molecule has 0 radical (unpaired) electrons. The van der Waals surface area contributed by atoms with Gasteiger partial charge in [0, 0.05) is 5.38 Å². The topological polar surface area (TPSA) is 26.3 Å². The molecule has 0 atom stereocenters. The van der Waals surface area contributed by atoms with Gasteiger partial charge < -0.3 is 4.74 Å². The van der Waals surface area contributed by atoms with Crippen LogP contribution in [0.3, 0.4) is 0 Å². The van der Waals surface area contributed by atoms with Gasteiger partial charge in [-0.05, 0) is 68.6 Å². The van der Waals surface area contributed by atoms with Crippen LogP contribution in [0.2, 0.25) is 0 Å². The van der Waals surface area contributed by atoms with Gasteiger partial charge in [-0.25, -0.2) is 4.79 Å². The summed E-state index contributed by atoms with van der Waals surface area (Å²) in [4.78, 5) is 11.9. The third kappa shape index (κ3) is 3.02. The van der Waals surface area contributed by atoms with Gasteiger partial charge in [0.1, 0.15) is 0 Å². The molecule has 0 saturated heterocycles. The van der Waals surface area contributed by atoms with E-state index in [4.69, 9.17) is 4.74 Å². The number of esters is 1. The zero-order chi connectivity index (χ0) is 18.9. The smallest absolute Gasteiger partial charge is 0.338 e. The highest BCUT2D eigenvalue weighted by atomic mass is 32.1. The van der Waals surface area contributed by atoms with E-state index in [1.54, 1.807) is 6.07 Å². The Bertz CT molecular complexity index is 1240. The molecule has 0 unspecified atom stereocenters. The summed E-state index contributed by atoms with van der Waals surface area (Å²) in [6, 6.07) is 21.7. The van der Waals surface area contributed by atoms with E-state index in [2.05, 4.69) is 54.6 Å². The Morgan fingerprint density at radius 3 is 2.36 bits per heavy atom. The van der Waals surface area contributed by atoms with Crippen LogP contribution in [0.4, 0.5) is 0 Å². The van der Waals surface area contributed by atoms with Gasteiger partial charge >= 0.3 is 5.97 Å². The van der Waals surface area contributed by atoms with Crippen molar-refractivity contribution in [2.24, 2.45) is 0 Å². The lowest BCUT2D eigenvalue weighted by atomic mass is 9.91. The summed E-state index contributed by atoms with van der Waals surface area (Å²) in [6.07, 6.45) is 2.86. The number of carbonyl (C=O) groups excluding carboxylic acids is 1. The number of aryl methyl sites for hydroxylation is 1. The maximum Gasteiger partial charge on any atom is 0.338 e. The summed E-state index contributed by atoms with van der Waals surface area (Å²) in [5.74, 6) is -0.219. The first-order chi connectivity index (χ1) is 13.8. The van der Waals surface area contributed by atoms with Gasteiger partial charge in [-0.3, -0.25) is 0 Å². The van der Waals surface area contributed by atoms with E-state index in [1.165, 1.54) is 49.2 Å². The SMILES string of the molecule is O=C(OCCCCc1ccc2ccc3cccc4ccc1c2c34)c1ccsc1. The molecule has 0 aliphatic rings. The van der Waals surface area contributed by atoms with Gasteiger partial charge in [-0.15, -0.1) is 0 Å². The quantitative estimate of drug-likeness (QED) is 0.182. The molecule has 0 aliphatic carbocycles. The summed E-state index contributed by atoms with van der Waals surface area (Å²) in [5, 5.41) is 11.7. The maximum absolute atomic E-state index is 11.9. The molecule has 0 spiro atoms. The van der Waals surface area contributed by atoms with Gasteiger partial charge in [-0.1, -0.05) is 54.6 Å². The van der Waals surface area contributed by atoms with E-state index in [-0.39, 0.29) is 5.97 Å². The van der Waals surface area contributed by atoms with Crippen molar-refractivity contribution in [3.8, 4) is 0 Å². The first-order valence-corrected chi connectivity index (χ1v) is 10.6. The predicted molar refractivity (Wildman–Crippen MR) is 118 cm³/mol. The van der Waals surface area contributed by atoms with Crippen LogP contribution in [0.1, 0.15) is 28.8 Å². The Balaban J connectivity index is 1.33. The minimum atomic E-state index is -0.219. The van der Waals surface area contributed by atoms with E-state index in [9.17, 15) is 4.79 Å². The molecular formula is C25H20O2S. The molecule has 0 saturated carbocycles. The number of carbonyl (C=O) groups is 1. The number of benzene rings is 4. The van der Waals surface area contributed by atoms with Crippen LogP contribution < -0.4 is 0 Å². The zero-order valence-electron chi connectivity index (χ0n) is 15.5. The molecule has 0 N–H and O–H groups in total. The lowest BCUT2D eigenvalue weighted by Gasteiger charge is -2.14. The largest absolute Gasteiger partial charge is 0.462 e. The van der Waals surface area contributed by atoms with Crippen LogP contribution in [0, 0.1) is 0 Å². The molecule has 3 heteroatoms. The summed E-state index contributed by atoms with van der Waals surface area (Å²) >= 11 is 1.51. The molecule has 0 aliphatic heterocycles. The first kappa shape index (κ1) is 17.2. The van der Waals surface area contributed by atoms with Crippen molar-refractivity contribution in [3.05, 3.63) is 82.6 Å². The molecule has 0 fully saturated rings. The fourth-order valence-electron chi connectivity index (χ4n) is 4.06. The number of thiophene rings is 1. The van der Waals surface area contributed by atoms with Crippen molar-refractivity contribution in [1.29, 1.82) is 0 Å². The maximum atomic E-state index is 11.9. The second kappa shape index (κ2) is 7.25. The summed E-state index contributed by atoms with van der Waals surface area (Å²) < 4.78 is 5.37. The highest BCUT2D eigenvalue weighted by Gasteiger charge is 2.11. The van der Waals surface area contributed by atoms with Gasteiger partial charge in [0.25, 0.3) is 0 Å². The second-order valence-electron chi connectivity index (χ2n) is 7.19. The molecule has 2 nitrogen and oxygen atoms in total. The number of rotatable bonds is 6. The Morgan fingerprint density at radius 2 is 1.57 bits per heavy atom. The van der Waals surface area contributed by atoms with E-state index < -0.39 is 0 Å². The normalized spacial score (nSPS) is 11.6. The van der Waals surface area contributed by atoms with Crippen molar-refractivity contribution in [2.75, 3.05) is 6.61 Å². The molecule has 5 rings (SSSR count). The Labute approximate surface area is 167 Å².